The molecule has 0 saturated heterocycles. The Hall–Kier alpha value is -3.71. The fourth-order valence-electron chi connectivity index (χ4n) is 2.55. The lowest BCUT2D eigenvalue weighted by atomic mass is 10.0. The Kier molecular flexibility index (Phi) is 3.69. The maximum Gasteiger partial charge on any atom is 0.253 e. The number of pyridine rings is 1. The fraction of sp³-hybridized carbons (Fsp3) is 0.118. The first-order chi connectivity index (χ1) is 11.5. The third kappa shape index (κ3) is 2.67. The van der Waals surface area contributed by atoms with Gasteiger partial charge in [-0.05, 0) is 36.2 Å². The van der Waals surface area contributed by atoms with Crippen LogP contribution in [-0.2, 0) is 6.54 Å². The van der Waals surface area contributed by atoms with E-state index in [0.717, 1.165) is 16.5 Å². The van der Waals surface area contributed by atoms with E-state index in [9.17, 15) is 10.1 Å². The second-order valence-corrected chi connectivity index (χ2v) is 5.40. The first-order valence-corrected chi connectivity index (χ1v) is 7.08. The van der Waals surface area contributed by atoms with Crippen molar-refractivity contribution in [3.63, 3.8) is 0 Å². The van der Waals surface area contributed by atoms with E-state index in [4.69, 9.17) is 11.0 Å². The monoisotopic (exact) mass is 316 g/mol. The van der Waals surface area contributed by atoms with Gasteiger partial charge in [0.05, 0.1) is 23.2 Å². The summed E-state index contributed by atoms with van der Waals surface area (Å²) in [4.78, 5) is 15.6. The van der Waals surface area contributed by atoms with E-state index >= 15 is 0 Å². The molecule has 2 N–H and O–H groups in total. The molecule has 24 heavy (non-hydrogen) atoms. The molecule has 116 valence electrons. The summed E-state index contributed by atoms with van der Waals surface area (Å²) in [6.45, 7) is 2.23. The lowest BCUT2D eigenvalue weighted by Gasteiger charge is -2.06. The lowest BCUT2D eigenvalue weighted by Crippen LogP contribution is -2.11. The van der Waals surface area contributed by atoms with Gasteiger partial charge in [-0.1, -0.05) is 0 Å². The van der Waals surface area contributed by atoms with Crippen molar-refractivity contribution in [2.45, 2.75) is 13.5 Å². The molecule has 1 aromatic carbocycles. The molecule has 3 aromatic rings. The second-order valence-electron chi connectivity index (χ2n) is 5.40. The highest BCUT2D eigenvalue weighted by Gasteiger charge is 2.14. The molecule has 0 aliphatic carbocycles. The number of carbonyl (C=O) groups excluding carboxylic acids is 1. The molecule has 0 radical (unpaired) electrons. The van der Waals surface area contributed by atoms with E-state index in [1.54, 1.807) is 12.3 Å². The highest BCUT2D eigenvalue weighted by molar-refractivity contribution is 5.94. The number of aryl methyl sites for hydroxylation is 1. The van der Waals surface area contributed by atoms with Crippen LogP contribution in [-0.4, -0.2) is 20.7 Å². The Balaban J connectivity index is 2.06. The standard InChI is InChI=1S/C17H12N6O/c1-10-2-12-3-11(4-13(5-18)16(12)21-7-10)8-23-9-14(17(20)24)15(6-19)22-23/h2-4,7,9H,8H2,1H3,(H2,20,24). The van der Waals surface area contributed by atoms with Gasteiger partial charge in [-0.2, -0.15) is 15.6 Å². The number of fused-ring (bicyclic) bond motifs is 1. The van der Waals surface area contributed by atoms with Crippen LogP contribution in [0.3, 0.4) is 0 Å². The minimum absolute atomic E-state index is 0.0127. The van der Waals surface area contributed by atoms with Crippen molar-refractivity contribution in [1.82, 2.24) is 14.8 Å². The summed E-state index contributed by atoms with van der Waals surface area (Å²) in [6, 6.07) is 9.58. The smallest absolute Gasteiger partial charge is 0.253 e. The minimum Gasteiger partial charge on any atom is -0.365 e. The molecule has 0 unspecified atom stereocenters. The van der Waals surface area contributed by atoms with Crippen LogP contribution in [0, 0.1) is 29.6 Å². The molecular weight excluding hydrogens is 304 g/mol. The van der Waals surface area contributed by atoms with Gasteiger partial charge in [0, 0.05) is 17.8 Å². The van der Waals surface area contributed by atoms with Crippen LogP contribution in [0.4, 0.5) is 0 Å². The number of hydrogen-bond acceptors (Lipinski definition) is 5. The molecule has 3 rings (SSSR count). The predicted octanol–water partition coefficient (Wildman–Crippen LogP) is 1.63. The lowest BCUT2D eigenvalue weighted by molar-refractivity contribution is 0.1000. The van der Waals surface area contributed by atoms with Crippen molar-refractivity contribution in [1.29, 1.82) is 10.5 Å². The number of nitriles is 2. The average Bonchev–Trinajstić information content (AvgIpc) is 2.96. The first-order valence-electron chi connectivity index (χ1n) is 7.08. The number of carbonyl (C=O) groups is 1. The van der Waals surface area contributed by atoms with Gasteiger partial charge in [0.2, 0.25) is 0 Å². The molecule has 7 nitrogen and oxygen atoms in total. The predicted molar refractivity (Wildman–Crippen MR) is 85.8 cm³/mol. The molecule has 0 aliphatic heterocycles. The van der Waals surface area contributed by atoms with Gasteiger partial charge in [0.15, 0.2) is 5.69 Å². The topological polar surface area (TPSA) is 121 Å². The fourth-order valence-corrected chi connectivity index (χ4v) is 2.55. The third-order valence-electron chi connectivity index (χ3n) is 3.58. The SMILES string of the molecule is Cc1cnc2c(C#N)cc(Cn3cc(C(N)=O)c(C#N)n3)cc2c1. The van der Waals surface area contributed by atoms with Gasteiger partial charge in [0.1, 0.15) is 12.1 Å². The van der Waals surface area contributed by atoms with Crippen LogP contribution in [0.2, 0.25) is 0 Å². The molecule has 0 atom stereocenters. The van der Waals surface area contributed by atoms with E-state index in [0.29, 0.717) is 17.6 Å². The van der Waals surface area contributed by atoms with Crippen molar-refractivity contribution < 1.29 is 4.79 Å². The average molecular weight is 316 g/mol. The number of amides is 1. The number of aromatic nitrogens is 3. The highest BCUT2D eigenvalue weighted by Crippen LogP contribution is 2.21. The Labute approximate surface area is 137 Å². The summed E-state index contributed by atoms with van der Waals surface area (Å²) >= 11 is 0. The quantitative estimate of drug-likeness (QED) is 0.787. The van der Waals surface area contributed by atoms with E-state index in [1.807, 2.05) is 25.1 Å². The maximum absolute atomic E-state index is 11.3. The molecule has 2 heterocycles. The largest absolute Gasteiger partial charge is 0.365 e. The molecule has 0 spiro atoms. The maximum atomic E-state index is 11.3. The Morgan fingerprint density at radius 2 is 2.08 bits per heavy atom. The van der Waals surface area contributed by atoms with Crippen molar-refractivity contribution in [3.05, 3.63) is 58.5 Å². The van der Waals surface area contributed by atoms with Gasteiger partial charge in [-0.25, -0.2) is 0 Å². The molecule has 0 fully saturated rings. The molecule has 0 saturated carbocycles. The van der Waals surface area contributed by atoms with Gasteiger partial charge in [0.25, 0.3) is 5.91 Å². The van der Waals surface area contributed by atoms with Crippen molar-refractivity contribution in [3.8, 4) is 12.1 Å². The second kappa shape index (κ2) is 5.82. The van der Waals surface area contributed by atoms with Gasteiger partial charge in [-0.15, -0.1) is 0 Å². The van der Waals surface area contributed by atoms with Crippen molar-refractivity contribution >= 4 is 16.8 Å². The van der Waals surface area contributed by atoms with Crippen LogP contribution in [0.1, 0.15) is 32.7 Å². The summed E-state index contributed by atoms with van der Waals surface area (Å²) in [5.74, 6) is -0.700. The number of benzene rings is 1. The summed E-state index contributed by atoms with van der Waals surface area (Å²) in [5, 5.41) is 23.3. The number of rotatable bonds is 3. The minimum atomic E-state index is -0.700. The summed E-state index contributed by atoms with van der Waals surface area (Å²) in [6.07, 6.45) is 3.15. The summed E-state index contributed by atoms with van der Waals surface area (Å²) < 4.78 is 1.46. The Morgan fingerprint density at radius 3 is 2.71 bits per heavy atom. The van der Waals surface area contributed by atoms with Gasteiger partial charge < -0.3 is 5.73 Å². The zero-order valence-corrected chi connectivity index (χ0v) is 12.8. The highest BCUT2D eigenvalue weighted by atomic mass is 16.1. The number of primary amides is 1. The van der Waals surface area contributed by atoms with Gasteiger partial charge in [-0.3, -0.25) is 14.5 Å². The van der Waals surface area contributed by atoms with Gasteiger partial charge >= 0.3 is 0 Å². The van der Waals surface area contributed by atoms with E-state index < -0.39 is 5.91 Å². The van der Waals surface area contributed by atoms with Crippen molar-refractivity contribution in [2.75, 3.05) is 0 Å². The van der Waals surface area contributed by atoms with Crippen molar-refractivity contribution in [2.24, 2.45) is 5.73 Å². The molecule has 0 bridgehead atoms. The number of nitrogens with zero attached hydrogens (tertiary/aromatic N) is 5. The zero-order chi connectivity index (χ0) is 17.3. The molecule has 1 amide bonds. The molecule has 0 aliphatic rings. The zero-order valence-electron chi connectivity index (χ0n) is 12.8. The third-order valence-corrected chi connectivity index (χ3v) is 3.58. The Bertz CT molecular complexity index is 1050. The number of nitrogens with two attached hydrogens (primary N) is 1. The normalized spacial score (nSPS) is 10.3. The summed E-state index contributed by atoms with van der Waals surface area (Å²) in [7, 11) is 0. The van der Waals surface area contributed by atoms with Crippen LogP contribution < -0.4 is 5.73 Å². The van der Waals surface area contributed by atoms with Crippen LogP contribution in [0.5, 0.6) is 0 Å². The molecular formula is C17H12N6O. The van der Waals surface area contributed by atoms with E-state index in [-0.39, 0.29) is 11.3 Å². The number of hydrogen-bond donors (Lipinski definition) is 1. The molecule has 2 aromatic heterocycles. The molecule has 7 heteroatoms. The van der Waals surface area contributed by atoms with Crippen LogP contribution in [0.15, 0.2) is 30.6 Å². The van der Waals surface area contributed by atoms with Crippen LogP contribution in [0.25, 0.3) is 10.9 Å². The Morgan fingerprint density at radius 1 is 1.29 bits per heavy atom. The first kappa shape index (κ1) is 15.2. The van der Waals surface area contributed by atoms with Crippen LogP contribution >= 0.6 is 0 Å². The van der Waals surface area contributed by atoms with E-state index in [2.05, 4.69) is 16.2 Å². The van der Waals surface area contributed by atoms with E-state index in [1.165, 1.54) is 10.9 Å². The summed E-state index contributed by atoms with van der Waals surface area (Å²) in [5.41, 5.74) is 8.22.